The maximum Gasteiger partial charge on any atom is 0.193 e. The Kier molecular flexibility index (Phi) is 3.07. The highest BCUT2D eigenvalue weighted by Gasteiger charge is 2.12. The van der Waals surface area contributed by atoms with Crippen molar-refractivity contribution in [3.05, 3.63) is 77.1 Å². The van der Waals surface area contributed by atoms with Crippen molar-refractivity contribution in [3.8, 4) is 0 Å². The minimum absolute atomic E-state index is 0.0479. The molecular weight excluding hydrogens is 246 g/mol. The molecule has 0 unspecified atom stereocenters. The van der Waals surface area contributed by atoms with Crippen LogP contribution in [0.15, 0.2) is 54.9 Å². The van der Waals surface area contributed by atoms with E-state index in [4.69, 9.17) is 0 Å². The fourth-order valence-corrected chi connectivity index (χ4v) is 2.35. The Hall–Kier alpha value is -2.48. The predicted molar refractivity (Wildman–Crippen MR) is 81.1 cm³/mol. The summed E-state index contributed by atoms with van der Waals surface area (Å²) in [6.45, 7) is 4.07. The van der Waals surface area contributed by atoms with Gasteiger partial charge in [0.25, 0.3) is 0 Å². The summed E-state index contributed by atoms with van der Waals surface area (Å²) in [6, 6.07) is 13.5. The van der Waals surface area contributed by atoms with Crippen LogP contribution in [0.4, 0.5) is 0 Å². The van der Waals surface area contributed by atoms with Crippen LogP contribution in [0, 0.1) is 13.8 Å². The van der Waals surface area contributed by atoms with Crippen LogP contribution < -0.4 is 0 Å². The lowest BCUT2D eigenvalue weighted by Crippen LogP contribution is -2.03. The lowest BCUT2D eigenvalue weighted by Gasteiger charge is -2.07. The van der Waals surface area contributed by atoms with E-state index in [-0.39, 0.29) is 5.78 Å². The summed E-state index contributed by atoms with van der Waals surface area (Å²) in [4.78, 5) is 16.8. The molecule has 0 aliphatic heterocycles. The molecule has 0 spiro atoms. The van der Waals surface area contributed by atoms with Crippen LogP contribution in [-0.4, -0.2) is 10.8 Å². The number of fused-ring (bicyclic) bond motifs is 1. The molecule has 3 rings (SSSR count). The largest absolute Gasteiger partial charge is 0.289 e. The van der Waals surface area contributed by atoms with Gasteiger partial charge < -0.3 is 0 Å². The van der Waals surface area contributed by atoms with Crippen LogP contribution in [0.5, 0.6) is 0 Å². The summed E-state index contributed by atoms with van der Waals surface area (Å²) >= 11 is 0. The van der Waals surface area contributed by atoms with Gasteiger partial charge >= 0.3 is 0 Å². The Balaban J connectivity index is 2.15. The Morgan fingerprint density at radius 3 is 2.65 bits per heavy atom. The molecule has 0 radical (unpaired) electrons. The second-order valence-electron chi connectivity index (χ2n) is 5.03. The molecular formula is C18H15NO. The summed E-state index contributed by atoms with van der Waals surface area (Å²) < 4.78 is 0. The number of benzene rings is 2. The Morgan fingerprint density at radius 2 is 1.85 bits per heavy atom. The van der Waals surface area contributed by atoms with Crippen molar-refractivity contribution in [2.75, 3.05) is 0 Å². The highest BCUT2D eigenvalue weighted by molar-refractivity contribution is 6.16. The van der Waals surface area contributed by atoms with E-state index in [1.165, 1.54) is 5.56 Å². The zero-order valence-electron chi connectivity index (χ0n) is 11.6. The fraction of sp³-hybridized carbons (Fsp3) is 0.111. The minimum Gasteiger partial charge on any atom is -0.289 e. The van der Waals surface area contributed by atoms with Crippen molar-refractivity contribution in [2.24, 2.45) is 0 Å². The third-order valence-electron chi connectivity index (χ3n) is 3.70. The number of carbonyl (C=O) groups excluding carboxylic acids is 1. The van der Waals surface area contributed by atoms with Crippen molar-refractivity contribution >= 4 is 16.6 Å². The summed E-state index contributed by atoms with van der Waals surface area (Å²) in [5, 5.41) is 1.94. The van der Waals surface area contributed by atoms with E-state index in [2.05, 4.69) is 4.98 Å². The first-order valence-corrected chi connectivity index (χ1v) is 6.61. The molecule has 0 amide bonds. The number of ketones is 1. The molecule has 98 valence electrons. The molecule has 2 aromatic carbocycles. The zero-order valence-corrected chi connectivity index (χ0v) is 11.6. The van der Waals surface area contributed by atoms with Gasteiger partial charge in [-0.1, -0.05) is 30.3 Å². The van der Waals surface area contributed by atoms with Crippen molar-refractivity contribution < 1.29 is 4.79 Å². The first-order valence-electron chi connectivity index (χ1n) is 6.61. The number of nitrogens with zero attached hydrogens (tertiary/aromatic N) is 1. The number of pyridine rings is 1. The summed E-state index contributed by atoms with van der Waals surface area (Å²) in [7, 11) is 0. The molecule has 0 saturated heterocycles. The van der Waals surface area contributed by atoms with E-state index in [0.29, 0.717) is 5.56 Å². The highest BCUT2D eigenvalue weighted by atomic mass is 16.1. The molecule has 0 aliphatic rings. The van der Waals surface area contributed by atoms with Crippen LogP contribution in [0.2, 0.25) is 0 Å². The Bertz CT molecular complexity index is 800. The third kappa shape index (κ3) is 2.10. The molecule has 20 heavy (non-hydrogen) atoms. The lowest BCUT2D eigenvalue weighted by atomic mass is 9.96. The number of aryl methyl sites for hydroxylation is 2. The molecule has 0 atom stereocenters. The second kappa shape index (κ2) is 4.89. The van der Waals surface area contributed by atoms with Gasteiger partial charge in [-0.3, -0.25) is 9.78 Å². The van der Waals surface area contributed by atoms with Gasteiger partial charge in [-0.2, -0.15) is 0 Å². The maximum atomic E-state index is 12.7. The van der Waals surface area contributed by atoms with E-state index >= 15 is 0 Å². The van der Waals surface area contributed by atoms with Crippen LogP contribution in [0.3, 0.4) is 0 Å². The van der Waals surface area contributed by atoms with Crippen LogP contribution in [0.25, 0.3) is 10.8 Å². The summed E-state index contributed by atoms with van der Waals surface area (Å²) in [6.07, 6.45) is 3.50. The zero-order chi connectivity index (χ0) is 14.1. The van der Waals surface area contributed by atoms with Gasteiger partial charge in [0, 0.05) is 28.9 Å². The number of hydrogen-bond donors (Lipinski definition) is 0. The average Bonchev–Trinajstić information content (AvgIpc) is 2.49. The van der Waals surface area contributed by atoms with Gasteiger partial charge in [-0.05, 0) is 42.5 Å². The number of hydrogen-bond acceptors (Lipinski definition) is 2. The molecule has 0 saturated carbocycles. The third-order valence-corrected chi connectivity index (χ3v) is 3.70. The Morgan fingerprint density at radius 1 is 1.00 bits per heavy atom. The van der Waals surface area contributed by atoms with Crippen LogP contribution >= 0.6 is 0 Å². The number of aromatic nitrogens is 1. The van der Waals surface area contributed by atoms with Gasteiger partial charge in [0.1, 0.15) is 0 Å². The molecule has 2 heteroatoms. The van der Waals surface area contributed by atoms with E-state index in [9.17, 15) is 4.79 Å². The van der Waals surface area contributed by atoms with Gasteiger partial charge in [-0.15, -0.1) is 0 Å². The van der Waals surface area contributed by atoms with Crippen LogP contribution in [-0.2, 0) is 0 Å². The van der Waals surface area contributed by atoms with Gasteiger partial charge in [0.2, 0.25) is 0 Å². The van der Waals surface area contributed by atoms with E-state index in [1.54, 1.807) is 12.4 Å². The SMILES string of the molecule is Cc1ccc(C(=O)c2cccc3ccncc23)cc1C. The molecule has 0 bridgehead atoms. The Labute approximate surface area is 118 Å². The molecule has 0 N–H and O–H groups in total. The van der Waals surface area contributed by atoms with Gasteiger partial charge in [-0.25, -0.2) is 0 Å². The van der Waals surface area contributed by atoms with E-state index in [0.717, 1.165) is 21.9 Å². The molecule has 1 aromatic heterocycles. The van der Waals surface area contributed by atoms with E-state index < -0.39 is 0 Å². The fourth-order valence-electron chi connectivity index (χ4n) is 2.35. The number of carbonyl (C=O) groups is 1. The average molecular weight is 261 g/mol. The molecule has 1 heterocycles. The van der Waals surface area contributed by atoms with Crippen molar-refractivity contribution in [1.29, 1.82) is 0 Å². The van der Waals surface area contributed by atoms with Crippen molar-refractivity contribution in [2.45, 2.75) is 13.8 Å². The first-order chi connectivity index (χ1) is 9.66. The van der Waals surface area contributed by atoms with Gasteiger partial charge in [0.15, 0.2) is 5.78 Å². The topological polar surface area (TPSA) is 30.0 Å². The standard InChI is InChI=1S/C18H15NO/c1-12-6-7-15(10-13(12)2)18(20)16-5-3-4-14-8-9-19-11-17(14)16/h3-11H,1-2H3. The van der Waals surface area contributed by atoms with E-state index in [1.807, 2.05) is 56.3 Å². The second-order valence-corrected chi connectivity index (χ2v) is 5.03. The number of rotatable bonds is 2. The molecule has 2 nitrogen and oxygen atoms in total. The van der Waals surface area contributed by atoms with Crippen molar-refractivity contribution in [3.63, 3.8) is 0 Å². The smallest absolute Gasteiger partial charge is 0.193 e. The normalized spacial score (nSPS) is 10.7. The highest BCUT2D eigenvalue weighted by Crippen LogP contribution is 2.21. The van der Waals surface area contributed by atoms with Crippen LogP contribution in [0.1, 0.15) is 27.0 Å². The predicted octanol–water partition coefficient (Wildman–Crippen LogP) is 4.08. The monoisotopic (exact) mass is 261 g/mol. The van der Waals surface area contributed by atoms with Crippen molar-refractivity contribution in [1.82, 2.24) is 4.98 Å². The van der Waals surface area contributed by atoms with Gasteiger partial charge in [0.05, 0.1) is 0 Å². The molecule has 0 fully saturated rings. The lowest BCUT2D eigenvalue weighted by molar-refractivity contribution is 0.104. The maximum absolute atomic E-state index is 12.7. The molecule has 3 aromatic rings. The molecule has 0 aliphatic carbocycles. The quantitative estimate of drug-likeness (QED) is 0.650. The minimum atomic E-state index is 0.0479. The summed E-state index contributed by atoms with van der Waals surface area (Å²) in [5.74, 6) is 0.0479. The summed E-state index contributed by atoms with van der Waals surface area (Å²) in [5.41, 5.74) is 3.76. The first kappa shape index (κ1) is 12.5.